The molecule has 4 heteroatoms. The molecule has 0 radical (unpaired) electrons. The van der Waals surface area contributed by atoms with Crippen LogP contribution in [0.4, 0.5) is 34.1 Å². The number of nitrogens with zero attached hydrogens (tertiary/aromatic N) is 2. The second-order valence-electron chi connectivity index (χ2n) is 27.2. The minimum atomic E-state index is -0.672. The first-order valence-electron chi connectivity index (χ1n) is 36.1. The van der Waals surface area contributed by atoms with E-state index in [1.165, 1.54) is 109 Å². The minimum absolute atomic E-state index is 0.672. The molecule has 2 aliphatic rings. The summed E-state index contributed by atoms with van der Waals surface area (Å²) in [5, 5.41) is 0. The first-order valence-corrected chi connectivity index (χ1v) is 37.8. The Morgan fingerprint density at radius 3 is 0.783 bits per heavy atom. The summed E-state index contributed by atoms with van der Waals surface area (Å²) < 4.78 is 0. The summed E-state index contributed by atoms with van der Waals surface area (Å²) in [5.41, 5.74) is 29.1. The average Bonchev–Trinajstić information content (AvgIpc) is 1.52. The molecular formula is C102H72N2S2. The van der Waals surface area contributed by atoms with Gasteiger partial charge in [0.15, 0.2) is 0 Å². The highest BCUT2D eigenvalue weighted by Crippen LogP contribution is 2.61. The first kappa shape index (κ1) is 65.3. The van der Waals surface area contributed by atoms with Crippen LogP contribution in [-0.4, -0.2) is 0 Å². The summed E-state index contributed by atoms with van der Waals surface area (Å²) in [5.74, 6) is 0. The molecule has 0 aromatic heterocycles. The maximum Gasteiger partial charge on any atom is 0.0714 e. The molecular weight excluding hydrogens is 1320 g/mol. The molecule has 2 unspecified atom stereocenters. The highest BCUT2D eigenvalue weighted by atomic mass is 32.2. The van der Waals surface area contributed by atoms with Crippen molar-refractivity contribution in [2.24, 2.45) is 0 Å². The third-order valence-electron chi connectivity index (χ3n) is 21.3. The number of hydrogen-bond donors (Lipinski definition) is 0. The lowest BCUT2D eigenvalue weighted by Crippen LogP contribution is -2.29. The number of hydrogen-bond acceptors (Lipinski definition) is 4. The zero-order valence-corrected chi connectivity index (χ0v) is 60.0. The lowest BCUT2D eigenvalue weighted by atomic mass is 9.67. The van der Waals surface area contributed by atoms with Gasteiger partial charge in [0.25, 0.3) is 0 Å². The van der Waals surface area contributed by atoms with Crippen molar-refractivity contribution in [2.45, 2.75) is 30.4 Å². The van der Waals surface area contributed by atoms with Gasteiger partial charge >= 0.3 is 0 Å². The van der Waals surface area contributed by atoms with E-state index in [9.17, 15) is 0 Å². The van der Waals surface area contributed by atoms with Crippen LogP contribution in [0.25, 0.3) is 67.8 Å². The van der Waals surface area contributed by atoms with Crippen LogP contribution in [0.5, 0.6) is 0 Å². The van der Waals surface area contributed by atoms with Gasteiger partial charge < -0.3 is 9.80 Å². The number of anilines is 6. The van der Waals surface area contributed by atoms with Crippen LogP contribution < -0.4 is 9.80 Å². The molecule has 2 aliphatic carbocycles. The Kier molecular flexibility index (Phi) is 17.4. The topological polar surface area (TPSA) is 6.48 Å². The van der Waals surface area contributed by atoms with Crippen LogP contribution in [0.2, 0.25) is 0 Å². The van der Waals surface area contributed by atoms with Gasteiger partial charge in [0.2, 0.25) is 0 Å². The summed E-state index contributed by atoms with van der Waals surface area (Å²) in [6.07, 6.45) is 3.79. The average molecular weight is 1390 g/mol. The molecule has 2 nitrogen and oxygen atoms in total. The standard InChI is InChI=1S/C102H72N2S2/c1-3-71-35-55-89(56-36-71)105-91-59-45-81(46-60-91)101(79-27-15-7-16-28-79)97-67-77(73-23-11-5-12-24-73)43-63-93(97)95-65-53-87(69-99(95)101)103(83-31-19-9-20-32-83)85-49-39-75(40-50-85)76-41-51-86(52-42-76)104(84-33-21-10-22-34-84)88-54-66-96-94-64-44-78(74-25-13-6-14-26-74)68-98(94)102(100(96)70-88,80-29-17-8-18-30-80)82-47-61-92(62-48-82)106-90-57-37-72(4-2)38-58-90/h3-70H,1-2H2. The molecule has 0 amide bonds. The predicted octanol–water partition coefficient (Wildman–Crippen LogP) is 27.9. The third-order valence-corrected chi connectivity index (χ3v) is 23.3. The van der Waals surface area contributed by atoms with E-state index >= 15 is 0 Å². The van der Waals surface area contributed by atoms with Gasteiger partial charge in [-0.25, -0.2) is 0 Å². The highest BCUT2D eigenvalue weighted by Gasteiger charge is 2.48. The Morgan fingerprint density at radius 2 is 0.453 bits per heavy atom. The number of fused-ring (bicyclic) bond motifs is 6. The SMILES string of the molecule is C=Cc1ccc(Sc2ccc(C3(c4ccccc4)c4cc(-c5ccccc5)ccc4-c4ccc(N(c5ccccc5)c5ccc(-c6ccc(N(c7ccccc7)c7ccc8c(c7)C(c7ccccc7)(c7ccc(Sc9ccc(C=C)cc9)cc7)c7cc(-c9ccccc9)ccc7-8)cc6)cc5)cc43)cc2)cc1. The Balaban J connectivity index is 0.717. The molecule has 502 valence electrons. The predicted molar refractivity (Wildman–Crippen MR) is 448 cm³/mol. The zero-order valence-electron chi connectivity index (χ0n) is 58.4. The van der Waals surface area contributed by atoms with Gasteiger partial charge in [-0.1, -0.05) is 316 Å². The fourth-order valence-corrected chi connectivity index (χ4v) is 17.9. The van der Waals surface area contributed by atoms with Gasteiger partial charge in [-0.3, -0.25) is 0 Å². The third kappa shape index (κ3) is 11.8. The van der Waals surface area contributed by atoms with Crippen LogP contribution in [0.15, 0.2) is 433 Å². The van der Waals surface area contributed by atoms with E-state index in [1.54, 1.807) is 23.5 Å². The number of para-hydroxylation sites is 2. The van der Waals surface area contributed by atoms with Gasteiger partial charge in [-0.15, -0.1) is 0 Å². The minimum Gasteiger partial charge on any atom is -0.310 e. The molecule has 0 spiro atoms. The second-order valence-corrected chi connectivity index (χ2v) is 29.5. The van der Waals surface area contributed by atoms with Crippen molar-refractivity contribution in [2.75, 3.05) is 9.80 Å². The molecule has 16 aromatic carbocycles. The van der Waals surface area contributed by atoms with Gasteiger partial charge in [-0.2, -0.15) is 0 Å². The van der Waals surface area contributed by atoms with Crippen molar-refractivity contribution in [3.8, 4) is 55.6 Å². The molecule has 0 saturated carbocycles. The van der Waals surface area contributed by atoms with Gasteiger partial charge in [0.05, 0.1) is 10.8 Å². The van der Waals surface area contributed by atoms with Crippen molar-refractivity contribution in [1.82, 2.24) is 0 Å². The lowest BCUT2D eigenvalue weighted by Gasteiger charge is -2.35. The smallest absolute Gasteiger partial charge is 0.0714 e. The second kappa shape index (κ2) is 28.2. The fourth-order valence-electron chi connectivity index (χ4n) is 16.3. The van der Waals surface area contributed by atoms with E-state index in [-0.39, 0.29) is 0 Å². The van der Waals surface area contributed by atoms with E-state index in [0.717, 1.165) is 56.4 Å². The van der Waals surface area contributed by atoms with E-state index < -0.39 is 10.8 Å². The van der Waals surface area contributed by atoms with Crippen LogP contribution in [0, 0.1) is 0 Å². The molecule has 2 atom stereocenters. The quantitative estimate of drug-likeness (QED) is 0.0796. The highest BCUT2D eigenvalue weighted by molar-refractivity contribution is 7.99. The normalized spacial score (nSPS) is 14.5. The maximum absolute atomic E-state index is 3.98. The molecule has 0 fully saturated rings. The summed E-state index contributed by atoms with van der Waals surface area (Å²) in [4.78, 5) is 9.56. The summed E-state index contributed by atoms with van der Waals surface area (Å²) in [6, 6.07) is 148. The molecule has 106 heavy (non-hydrogen) atoms. The van der Waals surface area contributed by atoms with Gasteiger partial charge in [0.1, 0.15) is 0 Å². The van der Waals surface area contributed by atoms with E-state index in [2.05, 4.69) is 423 Å². The molecule has 0 bridgehead atoms. The monoisotopic (exact) mass is 1390 g/mol. The Labute approximate surface area is 630 Å². The Bertz CT molecular complexity index is 5490. The van der Waals surface area contributed by atoms with Gasteiger partial charge in [-0.05, 0) is 245 Å². The zero-order chi connectivity index (χ0) is 71.0. The fraction of sp³-hybridized carbons (Fsp3) is 0.0196. The summed E-state index contributed by atoms with van der Waals surface area (Å²) >= 11 is 3.56. The Morgan fingerprint density at radius 1 is 0.208 bits per heavy atom. The largest absolute Gasteiger partial charge is 0.310 e. The van der Waals surface area contributed by atoms with E-state index in [1.807, 2.05) is 12.2 Å². The molecule has 18 rings (SSSR count). The van der Waals surface area contributed by atoms with Crippen molar-refractivity contribution in [3.05, 3.63) is 469 Å². The van der Waals surface area contributed by atoms with Gasteiger partial charge in [0, 0.05) is 53.7 Å². The van der Waals surface area contributed by atoms with Crippen LogP contribution in [-0.2, 0) is 10.8 Å². The van der Waals surface area contributed by atoms with Crippen molar-refractivity contribution in [1.29, 1.82) is 0 Å². The number of benzene rings is 16. The summed E-state index contributed by atoms with van der Waals surface area (Å²) in [7, 11) is 0. The van der Waals surface area contributed by atoms with Crippen molar-refractivity contribution < 1.29 is 0 Å². The molecule has 0 N–H and O–H groups in total. The summed E-state index contributed by atoms with van der Waals surface area (Å²) in [6.45, 7) is 7.96. The van der Waals surface area contributed by atoms with Crippen LogP contribution >= 0.6 is 23.5 Å². The lowest BCUT2D eigenvalue weighted by molar-refractivity contribution is 0.767. The molecule has 0 aliphatic heterocycles. The van der Waals surface area contributed by atoms with E-state index in [4.69, 9.17) is 0 Å². The molecule has 0 heterocycles. The maximum atomic E-state index is 3.98. The van der Waals surface area contributed by atoms with Crippen molar-refractivity contribution in [3.63, 3.8) is 0 Å². The van der Waals surface area contributed by atoms with E-state index in [0.29, 0.717) is 0 Å². The van der Waals surface area contributed by atoms with Crippen LogP contribution in [0.1, 0.15) is 55.6 Å². The molecule has 0 saturated heterocycles. The van der Waals surface area contributed by atoms with Crippen LogP contribution in [0.3, 0.4) is 0 Å². The molecule has 16 aromatic rings. The van der Waals surface area contributed by atoms with Crippen molar-refractivity contribution >= 4 is 69.8 Å². The first-order chi connectivity index (χ1) is 52.4. The Hall–Kier alpha value is -12.7. The number of rotatable bonds is 19.